The van der Waals surface area contributed by atoms with E-state index in [-0.39, 0.29) is 0 Å². The van der Waals surface area contributed by atoms with Crippen LogP contribution in [0.15, 0.2) is 18.3 Å². The average Bonchev–Trinajstić information content (AvgIpc) is 2.30. The summed E-state index contributed by atoms with van der Waals surface area (Å²) in [7, 11) is 0. The molecular weight excluding hydrogens is 222 g/mol. The molecule has 0 bridgehead atoms. The maximum Gasteiger partial charge on any atom is 0.100 e. The molecule has 2 nitrogen and oxygen atoms in total. The van der Waals surface area contributed by atoms with Crippen LogP contribution in [0, 0.1) is 11.8 Å². The molecule has 0 radical (unpaired) electrons. The summed E-state index contributed by atoms with van der Waals surface area (Å²) in [6.07, 6.45) is 5.75. The summed E-state index contributed by atoms with van der Waals surface area (Å²) in [4.78, 5) is 4.19. The maximum absolute atomic E-state index is 10.3. The number of rotatable bonds is 2. The first-order valence-corrected chi connectivity index (χ1v) is 6.34. The van der Waals surface area contributed by atoms with Gasteiger partial charge in [-0.05, 0) is 36.8 Å². The monoisotopic (exact) mass is 239 g/mol. The Bertz CT molecular complexity index is 348. The summed E-state index contributed by atoms with van der Waals surface area (Å²) in [6, 6.07) is 3.58. The second-order valence-electron chi connectivity index (χ2n) is 4.84. The standard InChI is InChI=1S/C13H18ClNO/c1-9-4-6-10(7-5-9)13(16)12-11(14)3-2-8-15-12/h2-3,8-10,13,16H,4-7H2,1H3. The Morgan fingerprint density at radius 1 is 1.38 bits per heavy atom. The first kappa shape index (κ1) is 11.9. The fraction of sp³-hybridized carbons (Fsp3) is 0.615. The van der Waals surface area contributed by atoms with Gasteiger partial charge < -0.3 is 5.11 Å². The molecule has 0 spiro atoms. The van der Waals surface area contributed by atoms with Gasteiger partial charge in [-0.25, -0.2) is 0 Å². The van der Waals surface area contributed by atoms with Crippen molar-refractivity contribution in [1.82, 2.24) is 4.98 Å². The topological polar surface area (TPSA) is 33.1 Å². The van der Waals surface area contributed by atoms with Gasteiger partial charge in [0.1, 0.15) is 6.10 Å². The number of hydrogen-bond donors (Lipinski definition) is 1. The van der Waals surface area contributed by atoms with Gasteiger partial charge in [0.2, 0.25) is 0 Å². The van der Waals surface area contributed by atoms with E-state index in [1.165, 1.54) is 12.8 Å². The normalized spacial score (nSPS) is 27.7. The minimum atomic E-state index is -0.499. The summed E-state index contributed by atoms with van der Waals surface area (Å²) >= 11 is 6.04. The third kappa shape index (κ3) is 2.55. The first-order valence-electron chi connectivity index (χ1n) is 5.97. The third-order valence-electron chi connectivity index (χ3n) is 3.57. The molecule has 1 atom stereocenters. The van der Waals surface area contributed by atoms with E-state index in [4.69, 9.17) is 11.6 Å². The van der Waals surface area contributed by atoms with Gasteiger partial charge in [-0.2, -0.15) is 0 Å². The Kier molecular flexibility index (Phi) is 3.82. The molecule has 1 fully saturated rings. The lowest BCUT2D eigenvalue weighted by Gasteiger charge is -2.29. The van der Waals surface area contributed by atoms with Crippen molar-refractivity contribution in [2.24, 2.45) is 11.8 Å². The van der Waals surface area contributed by atoms with Gasteiger partial charge in [-0.3, -0.25) is 4.98 Å². The highest BCUT2D eigenvalue weighted by molar-refractivity contribution is 6.31. The lowest BCUT2D eigenvalue weighted by atomic mass is 9.79. The molecule has 1 aliphatic carbocycles. The minimum Gasteiger partial charge on any atom is -0.386 e. The summed E-state index contributed by atoms with van der Waals surface area (Å²) in [5, 5.41) is 10.8. The number of halogens is 1. The van der Waals surface area contributed by atoms with Gasteiger partial charge in [-0.15, -0.1) is 0 Å². The predicted octanol–water partition coefficient (Wildman–Crippen LogP) is 3.59. The van der Waals surface area contributed by atoms with E-state index < -0.39 is 6.10 Å². The highest BCUT2D eigenvalue weighted by Gasteiger charge is 2.27. The predicted molar refractivity (Wildman–Crippen MR) is 65.3 cm³/mol. The van der Waals surface area contributed by atoms with Crippen molar-refractivity contribution in [3.8, 4) is 0 Å². The molecule has 1 aliphatic rings. The van der Waals surface area contributed by atoms with Gasteiger partial charge in [0.15, 0.2) is 0 Å². The summed E-state index contributed by atoms with van der Waals surface area (Å²) in [5.74, 6) is 1.12. The molecule has 1 N–H and O–H groups in total. The number of aromatic nitrogens is 1. The molecule has 2 rings (SSSR count). The number of aliphatic hydroxyl groups excluding tert-OH is 1. The van der Waals surface area contributed by atoms with E-state index in [0.29, 0.717) is 16.6 Å². The fourth-order valence-electron chi connectivity index (χ4n) is 2.44. The number of nitrogens with zero attached hydrogens (tertiary/aromatic N) is 1. The SMILES string of the molecule is CC1CCC(C(O)c2ncccc2Cl)CC1. The van der Waals surface area contributed by atoms with Crippen LogP contribution in [-0.2, 0) is 0 Å². The van der Waals surface area contributed by atoms with E-state index in [1.54, 1.807) is 18.3 Å². The smallest absolute Gasteiger partial charge is 0.100 e. The third-order valence-corrected chi connectivity index (χ3v) is 3.89. The number of hydrogen-bond acceptors (Lipinski definition) is 2. The maximum atomic E-state index is 10.3. The van der Waals surface area contributed by atoms with Crippen LogP contribution in [0.25, 0.3) is 0 Å². The number of aliphatic hydroxyl groups is 1. The van der Waals surface area contributed by atoms with Crippen molar-refractivity contribution in [3.63, 3.8) is 0 Å². The van der Waals surface area contributed by atoms with Crippen LogP contribution in [0.5, 0.6) is 0 Å². The highest BCUT2D eigenvalue weighted by atomic mass is 35.5. The first-order chi connectivity index (χ1) is 7.68. The summed E-state index contributed by atoms with van der Waals surface area (Å²) in [5.41, 5.74) is 0.642. The van der Waals surface area contributed by atoms with Crippen LogP contribution in [0.3, 0.4) is 0 Å². The van der Waals surface area contributed by atoms with Crippen LogP contribution in [0.1, 0.15) is 44.4 Å². The van der Waals surface area contributed by atoms with E-state index >= 15 is 0 Å². The summed E-state index contributed by atoms with van der Waals surface area (Å²) in [6.45, 7) is 2.27. The lowest BCUT2D eigenvalue weighted by Crippen LogP contribution is -2.20. The van der Waals surface area contributed by atoms with Crippen molar-refractivity contribution in [3.05, 3.63) is 29.0 Å². The Labute approximate surface area is 102 Å². The second kappa shape index (κ2) is 5.15. The molecule has 3 heteroatoms. The number of pyridine rings is 1. The average molecular weight is 240 g/mol. The van der Waals surface area contributed by atoms with E-state index in [0.717, 1.165) is 18.8 Å². The zero-order valence-electron chi connectivity index (χ0n) is 9.56. The van der Waals surface area contributed by atoms with Gasteiger partial charge in [0, 0.05) is 6.20 Å². The van der Waals surface area contributed by atoms with E-state index in [9.17, 15) is 5.11 Å². The zero-order valence-corrected chi connectivity index (χ0v) is 10.3. The van der Waals surface area contributed by atoms with Crippen LogP contribution in [-0.4, -0.2) is 10.1 Å². The minimum absolute atomic E-state index is 0.323. The molecule has 16 heavy (non-hydrogen) atoms. The van der Waals surface area contributed by atoms with Crippen LogP contribution in [0.2, 0.25) is 5.02 Å². The Hall–Kier alpha value is -0.600. The molecule has 0 saturated heterocycles. The molecule has 1 aromatic rings. The van der Waals surface area contributed by atoms with Gasteiger partial charge in [0.25, 0.3) is 0 Å². The molecule has 1 saturated carbocycles. The Morgan fingerprint density at radius 2 is 2.06 bits per heavy atom. The van der Waals surface area contributed by atoms with Crippen molar-refractivity contribution in [2.75, 3.05) is 0 Å². The molecular formula is C13H18ClNO. The molecule has 88 valence electrons. The van der Waals surface area contributed by atoms with Crippen LogP contribution >= 0.6 is 11.6 Å². The van der Waals surface area contributed by atoms with Crippen LogP contribution in [0.4, 0.5) is 0 Å². The molecule has 1 aromatic heterocycles. The van der Waals surface area contributed by atoms with Crippen molar-refractivity contribution in [1.29, 1.82) is 0 Å². The molecule has 0 aromatic carbocycles. The molecule has 1 unspecified atom stereocenters. The molecule has 0 aliphatic heterocycles. The van der Waals surface area contributed by atoms with E-state index in [2.05, 4.69) is 11.9 Å². The van der Waals surface area contributed by atoms with Crippen molar-refractivity contribution >= 4 is 11.6 Å². The van der Waals surface area contributed by atoms with Gasteiger partial charge >= 0.3 is 0 Å². The van der Waals surface area contributed by atoms with Crippen LogP contribution < -0.4 is 0 Å². The van der Waals surface area contributed by atoms with Gasteiger partial charge in [-0.1, -0.05) is 31.4 Å². The largest absolute Gasteiger partial charge is 0.386 e. The fourth-order valence-corrected chi connectivity index (χ4v) is 2.67. The highest BCUT2D eigenvalue weighted by Crippen LogP contribution is 2.37. The van der Waals surface area contributed by atoms with Gasteiger partial charge in [0.05, 0.1) is 10.7 Å². The Balaban J connectivity index is 2.07. The summed E-state index contributed by atoms with van der Waals surface area (Å²) < 4.78 is 0. The van der Waals surface area contributed by atoms with Crippen molar-refractivity contribution < 1.29 is 5.11 Å². The van der Waals surface area contributed by atoms with E-state index in [1.807, 2.05) is 0 Å². The quantitative estimate of drug-likeness (QED) is 0.856. The lowest BCUT2D eigenvalue weighted by molar-refractivity contribution is 0.0722. The molecule has 0 amide bonds. The molecule has 1 heterocycles. The Morgan fingerprint density at radius 3 is 2.69 bits per heavy atom. The van der Waals surface area contributed by atoms with Crippen molar-refractivity contribution in [2.45, 2.75) is 38.7 Å². The zero-order chi connectivity index (χ0) is 11.5. The second-order valence-corrected chi connectivity index (χ2v) is 5.24.